The van der Waals surface area contributed by atoms with Gasteiger partial charge in [-0.3, -0.25) is 4.79 Å². The van der Waals surface area contributed by atoms with Crippen LogP contribution in [0.25, 0.3) is 0 Å². The van der Waals surface area contributed by atoms with E-state index in [1.807, 2.05) is 30.3 Å². The summed E-state index contributed by atoms with van der Waals surface area (Å²) >= 11 is 0. The smallest absolute Gasteiger partial charge is 0.224 e. The van der Waals surface area contributed by atoms with Gasteiger partial charge in [-0.05, 0) is 43.2 Å². The standard InChI is InChI=1S/C21H28N2O3/c1-5-23(18-9-7-6-8-16(18)2)13-12-22-21(24)15-17-10-11-19(25-3)20(14-17)26-4/h6-11,14H,5,12-13,15H2,1-4H3,(H,22,24). The minimum Gasteiger partial charge on any atom is -0.493 e. The van der Waals surface area contributed by atoms with Gasteiger partial charge in [-0.25, -0.2) is 0 Å². The number of hydrogen-bond donors (Lipinski definition) is 1. The molecule has 1 N–H and O–H groups in total. The van der Waals surface area contributed by atoms with E-state index in [0.29, 0.717) is 24.5 Å². The van der Waals surface area contributed by atoms with Gasteiger partial charge in [0.1, 0.15) is 0 Å². The molecule has 0 fully saturated rings. The van der Waals surface area contributed by atoms with Gasteiger partial charge in [0.05, 0.1) is 20.6 Å². The third-order valence-corrected chi connectivity index (χ3v) is 4.35. The number of methoxy groups -OCH3 is 2. The zero-order chi connectivity index (χ0) is 18.9. The van der Waals surface area contributed by atoms with E-state index in [9.17, 15) is 4.79 Å². The normalized spacial score (nSPS) is 10.3. The summed E-state index contributed by atoms with van der Waals surface area (Å²) in [5.41, 5.74) is 3.35. The Morgan fingerprint density at radius 1 is 1.08 bits per heavy atom. The van der Waals surface area contributed by atoms with Gasteiger partial charge in [-0.2, -0.15) is 0 Å². The summed E-state index contributed by atoms with van der Waals surface area (Å²) in [6.45, 7) is 6.51. The van der Waals surface area contributed by atoms with E-state index in [1.165, 1.54) is 11.3 Å². The Labute approximate surface area is 155 Å². The van der Waals surface area contributed by atoms with Crippen LogP contribution in [-0.4, -0.2) is 39.8 Å². The summed E-state index contributed by atoms with van der Waals surface area (Å²) in [6.07, 6.45) is 0.316. The van der Waals surface area contributed by atoms with Crippen LogP contribution in [-0.2, 0) is 11.2 Å². The minimum absolute atomic E-state index is 0.00180. The van der Waals surface area contributed by atoms with Gasteiger partial charge in [-0.15, -0.1) is 0 Å². The van der Waals surface area contributed by atoms with E-state index >= 15 is 0 Å². The quantitative estimate of drug-likeness (QED) is 0.750. The summed E-state index contributed by atoms with van der Waals surface area (Å²) in [7, 11) is 3.19. The van der Waals surface area contributed by atoms with Crippen molar-refractivity contribution in [3.05, 3.63) is 53.6 Å². The van der Waals surface area contributed by atoms with Gasteiger partial charge in [0.25, 0.3) is 0 Å². The molecule has 0 unspecified atom stereocenters. The van der Waals surface area contributed by atoms with Crippen LogP contribution < -0.4 is 19.7 Å². The molecule has 26 heavy (non-hydrogen) atoms. The first-order valence-electron chi connectivity index (χ1n) is 8.87. The molecule has 0 atom stereocenters. The second-order valence-electron chi connectivity index (χ2n) is 6.08. The number of para-hydroxylation sites is 1. The molecule has 0 aromatic heterocycles. The van der Waals surface area contributed by atoms with Crippen LogP contribution in [0, 0.1) is 6.92 Å². The third kappa shape index (κ3) is 5.15. The molecule has 5 nitrogen and oxygen atoms in total. The lowest BCUT2D eigenvalue weighted by molar-refractivity contribution is -0.120. The molecule has 0 aliphatic carbocycles. The van der Waals surface area contributed by atoms with Crippen molar-refractivity contribution in [1.29, 1.82) is 0 Å². The molecule has 0 aliphatic rings. The maximum Gasteiger partial charge on any atom is 0.224 e. The zero-order valence-electron chi connectivity index (χ0n) is 16.0. The van der Waals surface area contributed by atoms with Crippen molar-refractivity contribution in [3.8, 4) is 11.5 Å². The number of amides is 1. The number of rotatable bonds is 9. The predicted molar refractivity (Wildman–Crippen MR) is 105 cm³/mol. The minimum atomic E-state index is -0.00180. The number of carbonyl (C=O) groups is 1. The van der Waals surface area contributed by atoms with Crippen molar-refractivity contribution in [3.63, 3.8) is 0 Å². The predicted octanol–water partition coefficient (Wildman–Crippen LogP) is 3.20. The number of carbonyl (C=O) groups excluding carboxylic acids is 1. The zero-order valence-corrected chi connectivity index (χ0v) is 16.0. The first-order valence-corrected chi connectivity index (χ1v) is 8.87. The third-order valence-electron chi connectivity index (χ3n) is 4.35. The molecule has 0 aliphatic heterocycles. The molecule has 0 heterocycles. The largest absolute Gasteiger partial charge is 0.493 e. The fourth-order valence-corrected chi connectivity index (χ4v) is 2.94. The van der Waals surface area contributed by atoms with E-state index in [4.69, 9.17) is 9.47 Å². The van der Waals surface area contributed by atoms with E-state index in [2.05, 4.69) is 36.2 Å². The molecule has 140 valence electrons. The van der Waals surface area contributed by atoms with Crippen molar-refractivity contribution in [2.24, 2.45) is 0 Å². The van der Waals surface area contributed by atoms with Crippen LogP contribution in [0.2, 0.25) is 0 Å². The Hall–Kier alpha value is -2.69. The molecule has 0 radical (unpaired) electrons. The molecular weight excluding hydrogens is 328 g/mol. The van der Waals surface area contributed by atoms with E-state index in [0.717, 1.165) is 18.7 Å². The number of benzene rings is 2. The highest BCUT2D eigenvalue weighted by molar-refractivity contribution is 5.78. The molecule has 0 saturated carbocycles. The fraction of sp³-hybridized carbons (Fsp3) is 0.381. The van der Waals surface area contributed by atoms with E-state index in [1.54, 1.807) is 14.2 Å². The van der Waals surface area contributed by atoms with Crippen LogP contribution in [0.5, 0.6) is 11.5 Å². The van der Waals surface area contributed by atoms with Crippen molar-refractivity contribution in [2.75, 3.05) is 38.8 Å². The van der Waals surface area contributed by atoms with Crippen LogP contribution >= 0.6 is 0 Å². The number of likely N-dealkylation sites (N-methyl/N-ethyl adjacent to an activating group) is 1. The van der Waals surface area contributed by atoms with Crippen molar-refractivity contribution >= 4 is 11.6 Å². The lowest BCUT2D eigenvalue weighted by Gasteiger charge is -2.25. The Morgan fingerprint density at radius 3 is 2.46 bits per heavy atom. The van der Waals surface area contributed by atoms with E-state index < -0.39 is 0 Å². The lowest BCUT2D eigenvalue weighted by Crippen LogP contribution is -2.35. The number of nitrogens with zero attached hydrogens (tertiary/aromatic N) is 1. The SMILES string of the molecule is CCN(CCNC(=O)Cc1ccc(OC)c(OC)c1)c1ccccc1C. The van der Waals surface area contributed by atoms with Crippen molar-refractivity contribution in [2.45, 2.75) is 20.3 Å². The van der Waals surface area contributed by atoms with Gasteiger partial charge < -0.3 is 19.7 Å². The average Bonchev–Trinajstić information content (AvgIpc) is 2.66. The number of nitrogens with one attached hydrogen (secondary N) is 1. The van der Waals surface area contributed by atoms with Crippen molar-refractivity contribution < 1.29 is 14.3 Å². The maximum absolute atomic E-state index is 12.2. The topological polar surface area (TPSA) is 50.8 Å². The highest BCUT2D eigenvalue weighted by Crippen LogP contribution is 2.27. The van der Waals surface area contributed by atoms with Crippen LogP contribution in [0.1, 0.15) is 18.1 Å². The Morgan fingerprint density at radius 2 is 1.81 bits per heavy atom. The van der Waals surface area contributed by atoms with Gasteiger partial charge in [-0.1, -0.05) is 24.3 Å². The van der Waals surface area contributed by atoms with Crippen LogP contribution in [0.4, 0.5) is 5.69 Å². The first kappa shape index (κ1) is 19.6. The Kier molecular flexibility index (Phi) is 7.33. The maximum atomic E-state index is 12.2. The fourth-order valence-electron chi connectivity index (χ4n) is 2.94. The number of ether oxygens (including phenoxy) is 2. The second kappa shape index (κ2) is 9.70. The Balaban J connectivity index is 1.87. The van der Waals surface area contributed by atoms with Crippen LogP contribution in [0.3, 0.4) is 0 Å². The molecule has 5 heteroatoms. The molecule has 2 aromatic carbocycles. The molecule has 2 aromatic rings. The molecule has 1 amide bonds. The summed E-state index contributed by atoms with van der Waals surface area (Å²) < 4.78 is 10.5. The number of aryl methyl sites for hydroxylation is 1. The number of anilines is 1. The first-order chi connectivity index (χ1) is 12.6. The summed E-state index contributed by atoms with van der Waals surface area (Å²) in [5.74, 6) is 1.29. The van der Waals surface area contributed by atoms with Gasteiger partial charge in [0.15, 0.2) is 11.5 Å². The molecule has 0 bridgehead atoms. The highest BCUT2D eigenvalue weighted by Gasteiger charge is 2.10. The summed E-state index contributed by atoms with van der Waals surface area (Å²) in [4.78, 5) is 14.5. The highest BCUT2D eigenvalue weighted by atomic mass is 16.5. The molecular formula is C21H28N2O3. The Bertz CT molecular complexity index is 731. The summed E-state index contributed by atoms with van der Waals surface area (Å²) in [5, 5.41) is 3.00. The van der Waals surface area contributed by atoms with Gasteiger partial charge in [0, 0.05) is 25.3 Å². The lowest BCUT2D eigenvalue weighted by atomic mass is 10.1. The number of hydrogen-bond acceptors (Lipinski definition) is 4. The average molecular weight is 356 g/mol. The molecule has 2 rings (SSSR count). The summed E-state index contributed by atoms with van der Waals surface area (Å²) in [6, 6.07) is 13.8. The van der Waals surface area contributed by atoms with Gasteiger partial charge >= 0.3 is 0 Å². The van der Waals surface area contributed by atoms with Crippen LogP contribution in [0.15, 0.2) is 42.5 Å². The van der Waals surface area contributed by atoms with Gasteiger partial charge in [0.2, 0.25) is 5.91 Å². The van der Waals surface area contributed by atoms with Crippen molar-refractivity contribution in [1.82, 2.24) is 5.32 Å². The molecule has 0 saturated heterocycles. The van der Waals surface area contributed by atoms with E-state index in [-0.39, 0.29) is 5.91 Å². The second-order valence-corrected chi connectivity index (χ2v) is 6.08. The molecule has 0 spiro atoms. The monoisotopic (exact) mass is 356 g/mol.